The number of likely N-dealkylation sites (tertiary alicyclic amines) is 2. The van der Waals surface area contributed by atoms with E-state index in [-0.39, 0.29) is 25.0 Å². The fourth-order valence-electron chi connectivity index (χ4n) is 5.42. The van der Waals surface area contributed by atoms with Crippen LogP contribution in [0.4, 0.5) is 50.0 Å². The number of benzene rings is 1. The molecule has 0 saturated carbocycles. The summed E-state index contributed by atoms with van der Waals surface area (Å²) in [4.78, 5) is 16.7. The maximum atomic E-state index is 13.6. The Morgan fingerprint density at radius 2 is 1.46 bits per heavy atom. The van der Waals surface area contributed by atoms with Gasteiger partial charge in [-0.05, 0) is 55.0 Å². The van der Waals surface area contributed by atoms with Crippen LogP contribution in [0, 0.1) is 5.41 Å². The van der Waals surface area contributed by atoms with E-state index in [1.54, 1.807) is 6.07 Å². The third-order valence-electron chi connectivity index (χ3n) is 7.50. The van der Waals surface area contributed by atoms with Gasteiger partial charge in [0.05, 0.1) is 18.8 Å². The zero-order chi connectivity index (χ0) is 28.6. The predicted octanol–water partition coefficient (Wildman–Crippen LogP) is 5.46. The van der Waals surface area contributed by atoms with Crippen molar-refractivity contribution in [2.45, 2.75) is 50.4 Å². The Balaban J connectivity index is 1.37. The predicted molar refractivity (Wildman–Crippen MR) is 120 cm³/mol. The second-order valence-corrected chi connectivity index (χ2v) is 10.3. The van der Waals surface area contributed by atoms with Crippen LogP contribution in [0.3, 0.4) is 0 Å². The molecule has 1 amide bonds. The molecule has 6 nitrogen and oxygen atoms in total. The molecular weight excluding hydrogens is 549 g/mol. The minimum absolute atomic E-state index is 0.0835. The first-order valence-electron chi connectivity index (χ1n) is 12.4. The second-order valence-electron chi connectivity index (χ2n) is 10.3. The van der Waals surface area contributed by atoms with Gasteiger partial charge < -0.3 is 19.3 Å². The van der Waals surface area contributed by atoms with Gasteiger partial charge in [0.1, 0.15) is 0 Å². The molecule has 4 rings (SSSR count). The number of nitrogens with zero attached hydrogens (tertiary/aromatic N) is 3. The van der Waals surface area contributed by atoms with Crippen molar-refractivity contribution in [1.29, 1.82) is 0 Å². The molecule has 1 aromatic rings. The van der Waals surface area contributed by atoms with Gasteiger partial charge in [0.2, 0.25) is 0 Å². The first kappa shape index (κ1) is 29.6. The largest absolute Gasteiger partial charge is 0.434 e. The Bertz CT molecular complexity index is 1000. The van der Waals surface area contributed by atoms with Gasteiger partial charge in [-0.15, -0.1) is 0 Å². The van der Waals surface area contributed by atoms with Gasteiger partial charge in [-0.2, -0.15) is 39.5 Å². The third kappa shape index (κ3) is 7.21. The standard InChI is InChI=1S/C24H28F9N3O3/c25-22(26,27)17-11-16(12-18(13-17)35-7-9-38-10-8-35)14-34-4-1-21(15-34)2-5-36(6-3-21)20(37)39-19(23(28,29)30)24(31,32)33/h11-13,19H,1-10,14-15H2. The monoisotopic (exact) mass is 577 g/mol. The Morgan fingerprint density at radius 1 is 0.872 bits per heavy atom. The smallest absolute Gasteiger partial charge is 0.426 e. The molecule has 3 saturated heterocycles. The summed E-state index contributed by atoms with van der Waals surface area (Å²) >= 11 is 0. The van der Waals surface area contributed by atoms with Crippen LogP contribution in [-0.4, -0.2) is 86.8 Å². The highest BCUT2D eigenvalue weighted by molar-refractivity contribution is 5.68. The molecule has 0 unspecified atom stereocenters. The average Bonchev–Trinajstić information content (AvgIpc) is 3.22. The maximum Gasteiger partial charge on any atom is 0.434 e. The molecule has 15 heteroatoms. The van der Waals surface area contributed by atoms with Crippen LogP contribution in [0.1, 0.15) is 30.4 Å². The second kappa shape index (κ2) is 10.9. The summed E-state index contributed by atoms with van der Waals surface area (Å²) < 4.78 is 126. The van der Waals surface area contributed by atoms with Crippen LogP contribution >= 0.6 is 0 Å². The highest BCUT2D eigenvalue weighted by Gasteiger charge is 2.60. The topological polar surface area (TPSA) is 45.2 Å². The molecule has 0 radical (unpaired) electrons. The summed E-state index contributed by atoms with van der Waals surface area (Å²) in [7, 11) is 0. The van der Waals surface area contributed by atoms with E-state index in [0.29, 0.717) is 69.9 Å². The van der Waals surface area contributed by atoms with Crippen LogP contribution < -0.4 is 4.90 Å². The van der Waals surface area contributed by atoms with Crippen LogP contribution in [0.25, 0.3) is 0 Å². The normalized spacial score (nSPS) is 21.2. The van der Waals surface area contributed by atoms with E-state index in [1.807, 2.05) is 9.80 Å². The minimum atomic E-state index is -5.79. The molecule has 1 aromatic carbocycles. The lowest BCUT2D eigenvalue weighted by Crippen LogP contribution is -2.50. The van der Waals surface area contributed by atoms with E-state index < -0.39 is 36.3 Å². The van der Waals surface area contributed by atoms with E-state index in [1.165, 1.54) is 0 Å². The minimum Gasteiger partial charge on any atom is -0.426 e. The first-order chi connectivity index (χ1) is 18.1. The molecule has 3 heterocycles. The van der Waals surface area contributed by atoms with E-state index >= 15 is 0 Å². The number of amides is 1. The molecule has 0 aliphatic carbocycles. The lowest BCUT2D eigenvalue weighted by Gasteiger charge is -2.39. The van der Waals surface area contributed by atoms with Crippen molar-refractivity contribution in [2.24, 2.45) is 5.41 Å². The third-order valence-corrected chi connectivity index (χ3v) is 7.50. The zero-order valence-electron chi connectivity index (χ0n) is 20.8. The summed E-state index contributed by atoms with van der Waals surface area (Å²) in [6.45, 7) is 2.88. The van der Waals surface area contributed by atoms with Crippen molar-refractivity contribution >= 4 is 11.8 Å². The number of rotatable bonds is 4. The Morgan fingerprint density at radius 3 is 2.03 bits per heavy atom. The highest BCUT2D eigenvalue weighted by atomic mass is 19.4. The van der Waals surface area contributed by atoms with Crippen molar-refractivity contribution in [2.75, 3.05) is 57.4 Å². The van der Waals surface area contributed by atoms with Gasteiger partial charge in [0.25, 0.3) is 6.10 Å². The molecule has 39 heavy (non-hydrogen) atoms. The van der Waals surface area contributed by atoms with Gasteiger partial charge in [0.15, 0.2) is 0 Å². The maximum absolute atomic E-state index is 13.6. The summed E-state index contributed by atoms with van der Waals surface area (Å²) in [6, 6.07) is 3.96. The van der Waals surface area contributed by atoms with Crippen molar-refractivity contribution < 1.29 is 53.8 Å². The highest BCUT2D eigenvalue weighted by Crippen LogP contribution is 2.42. The number of alkyl halides is 9. The number of ether oxygens (including phenoxy) is 2. The quantitative estimate of drug-likeness (QED) is 0.445. The van der Waals surface area contributed by atoms with Gasteiger partial charge >= 0.3 is 24.6 Å². The molecular formula is C24H28F9N3O3. The van der Waals surface area contributed by atoms with E-state index in [4.69, 9.17) is 4.74 Å². The van der Waals surface area contributed by atoms with E-state index in [2.05, 4.69) is 4.74 Å². The van der Waals surface area contributed by atoms with Crippen molar-refractivity contribution in [3.05, 3.63) is 29.3 Å². The number of hydrogen-bond donors (Lipinski definition) is 0. The average molecular weight is 577 g/mol. The Labute approximate surface area is 218 Å². The number of morpholine rings is 1. The summed E-state index contributed by atoms with van der Waals surface area (Å²) in [5.41, 5.74) is -0.160. The first-order valence-corrected chi connectivity index (χ1v) is 12.4. The summed E-state index contributed by atoms with van der Waals surface area (Å²) in [5, 5.41) is 0. The molecule has 1 spiro atoms. The molecule has 220 valence electrons. The number of carbonyl (C=O) groups excluding carboxylic acids is 1. The number of piperidine rings is 1. The van der Waals surface area contributed by atoms with Crippen LogP contribution in [-0.2, 0) is 22.2 Å². The number of halogens is 9. The van der Waals surface area contributed by atoms with Crippen LogP contribution in [0.15, 0.2) is 18.2 Å². The molecule has 3 aliphatic heterocycles. The van der Waals surface area contributed by atoms with Gasteiger partial charge in [0, 0.05) is 45.0 Å². The van der Waals surface area contributed by atoms with E-state index in [9.17, 15) is 44.3 Å². The molecule has 0 aromatic heterocycles. The fourth-order valence-corrected chi connectivity index (χ4v) is 5.42. The lowest BCUT2D eigenvalue weighted by atomic mass is 9.78. The fraction of sp³-hybridized carbons (Fsp3) is 0.708. The number of hydrogen-bond acceptors (Lipinski definition) is 5. The van der Waals surface area contributed by atoms with Crippen molar-refractivity contribution in [3.8, 4) is 0 Å². The van der Waals surface area contributed by atoms with Crippen molar-refractivity contribution in [1.82, 2.24) is 9.80 Å². The molecule has 0 bridgehead atoms. The van der Waals surface area contributed by atoms with Gasteiger partial charge in [-0.25, -0.2) is 4.79 Å². The zero-order valence-corrected chi connectivity index (χ0v) is 20.8. The van der Waals surface area contributed by atoms with Crippen molar-refractivity contribution in [3.63, 3.8) is 0 Å². The summed E-state index contributed by atoms with van der Waals surface area (Å²) in [5.74, 6) is 0. The van der Waals surface area contributed by atoms with E-state index in [0.717, 1.165) is 17.0 Å². The Hall–Kier alpha value is -2.42. The molecule has 0 atom stereocenters. The number of carbonyl (C=O) groups is 1. The van der Waals surface area contributed by atoms with Crippen LogP contribution in [0.5, 0.6) is 0 Å². The SMILES string of the molecule is O=C(OC(C(F)(F)F)C(F)(F)F)N1CCC2(CCN(Cc3cc(N4CCOCC4)cc(C(F)(F)F)c3)C2)CC1. The Kier molecular flexibility index (Phi) is 8.23. The van der Waals surface area contributed by atoms with Gasteiger partial charge in [-0.1, -0.05) is 0 Å². The van der Waals surface area contributed by atoms with Gasteiger partial charge in [-0.3, -0.25) is 4.90 Å². The summed E-state index contributed by atoms with van der Waals surface area (Å²) in [6.07, 6.45) is -20.7. The molecule has 3 aliphatic rings. The molecule has 3 fully saturated rings. The van der Waals surface area contributed by atoms with Crippen LogP contribution in [0.2, 0.25) is 0 Å². The molecule has 0 N–H and O–H groups in total. The number of anilines is 1. The lowest BCUT2D eigenvalue weighted by molar-refractivity contribution is -0.308.